The van der Waals surface area contributed by atoms with E-state index in [1.807, 2.05) is 30.3 Å². The Hall–Kier alpha value is -3.96. The third-order valence-corrected chi connectivity index (χ3v) is 6.53. The summed E-state index contributed by atoms with van der Waals surface area (Å²) in [6.07, 6.45) is 3.96. The second kappa shape index (κ2) is 9.25. The fourth-order valence-corrected chi connectivity index (χ4v) is 4.50. The monoisotopic (exact) mass is 497 g/mol. The van der Waals surface area contributed by atoms with Gasteiger partial charge in [-0.1, -0.05) is 30.3 Å². The number of halogens is 2. The van der Waals surface area contributed by atoms with Crippen molar-refractivity contribution >= 4 is 28.2 Å². The zero-order chi connectivity index (χ0) is 25.6. The minimum Gasteiger partial charge on any atom is -0.477 e. The van der Waals surface area contributed by atoms with Crippen LogP contribution in [0.15, 0.2) is 53.2 Å². The molecule has 5 rings (SSSR count). The van der Waals surface area contributed by atoms with Gasteiger partial charge in [0.1, 0.15) is 11.3 Å². The molecule has 1 aliphatic carbocycles. The van der Waals surface area contributed by atoms with E-state index >= 15 is 8.78 Å². The summed E-state index contributed by atoms with van der Waals surface area (Å²) in [5.74, 6) is -3.92. The van der Waals surface area contributed by atoms with E-state index in [1.54, 1.807) is 0 Å². The van der Waals surface area contributed by atoms with E-state index in [0.717, 1.165) is 11.8 Å². The molecule has 2 aromatic carbocycles. The number of hydroxylamine groups is 1. The van der Waals surface area contributed by atoms with Crippen molar-refractivity contribution in [3.05, 3.63) is 81.4 Å². The van der Waals surface area contributed by atoms with Crippen LogP contribution in [-0.2, 0) is 11.4 Å². The van der Waals surface area contributed by atoms with Crippen molar-refractivity contribution < 1.29 is 23.5 Å². The van der Waals surface area contributed by atoms with Crippen LogP contribution >= 0.6 is 0 Å². The molecule has 0 bridgehead atoms. The molecule has 2 heterocycles. The highest BCUT2D eigenvalue weighted by molar-refractivity contribution is 6.00. The summed E-state index contributed by atoms with van der Waals surface area (Å²) in [5.41, 5.74) is 13.4. The van der Waals surface area contributed by atoms with Gasteiger partial charge in [0.15, 0.2) is 11.6 Å². The Balaban J connectivity index is 1.55. The normalized spacial score (nSPS) is 17.5. The summed E-state index contributed by atoms with van der Waals surface area (Å²) in [6, 6.07) is 9.25. The van der Waals surface area contributed by atoms with E-state index in [9.17, 15) is 14.7 Å². The van der Waals surface area contributed by atoms with Crippen LogP contribution in [0.4, 0.5) is 20.2 Å². The molecular formula is C25H25F2N5O4. The minimum atomic E-state index is -1.49. The number of anilines is 2. The molecule has 1 aliphatic heterocycles. The summed E-state index contributed by atoms with van der Waals surface area (Å²) in [4.78, 5) is 31.4. The predicted octanol–water partition coefficient (Wildman–Crippen LogP) is 2.85. The van der Waals surface area contributed by atoms with Crippen LogP contribution in [0.25, 0.3) is 10.9 Å². The number of nitrogen functional groups attached to an aromatic ring is 1. The average molecular weight is 498 g/mol. The molecule has 6 N–H and O–H groups in total. The van der Waals surface area contributed by atoms with Crippen molar-refractivity contribution in [1.82, 2.24) is 10.0 Å². The number of aromatic nitrogens is 1. The molecule has 36 heavy (non-hydrogen) atoms. The van der Waals surface area contributed by atoms with E-state index in [1.165, 1.54) is 15.7 Å². The quantitative estimate of drug-likeness (QED) is 0.276. The van der Waals surface area contributed by atoms with Gasteiger partial charge in [0.05, 0.1) is 28.9 Å². The van der Waals surface area contributed by atoms with Crippen LogP contribution in [-0.4, -0.2) is 28.7 Å². The highest BCUT2D eigenvalue weighted by Crippen LogP contribution is 2.42. The van der Waals surface area contributed by atoms with E-state index in [0.29, 0.717) is 18.5 Å². The molecule has 11 heteroatoms. The lowest BCUT2D eigenvalue weighted by Crippen LogP contribution is -2.28. The first kappa shape index (κ1) is 23.8. The third kappa shape index (κ3) is 4.06. The number of carbonyl (C=O) groups is 1. The molecule has 0 amide bonds. The Morgan fingerprint density at radius 1 is 1.19 bits per heavy atom. The van der Waals surface area contributed by atoms with Gasteiger partial charge in [-0.2, -0.15) is 0 Å². The highest BCUT2D eigenvalue weighted by Gasteiger charge is 2.35. The van der Waals surface area contributed by atoms with E-state index in [-0.39, 0.29) is 37.2 Å². The number of fused-ring (bicyclic) bond motifs is 1. The van der Waals surface area contributed by atoms with E-state index < -0.39 is 45.4 Å². The van der Waals surface area contributed by atoms with Crippen molar-refractivity contribution in [2.45, 2.75) is 25.5 Å². The number of nitrogens with two attached hydrogens (primary N) is 2. The van der Waals surface area contributed by atoms with Crippen molar-refractivity contribution in [2.75, 3.05) is 23.7 Å². The standard InChI is InChI=1S/C25H25F2N5O4/c26-19-21(29)18-22(32(15-6-7-15)10-16(24(18)33)25(34)35)20(27)23(19)31-9-14(8-28)17(11-31)30-36-12-13-4-2-1-3-5-13/h1-5,10-11,14-15,30H,6-9,12,28-29H2,(H,34,35). The lowest BCUT2D eigenvalue weighted by atomic mass is 10.1. The van der Waals surface area contributed by atoms with E-state index in [2.05, 4.69) is 5.48 Å². The molecule has 1 fully saturated rings. The molecule has 1 unspecified atom stereocenters. The number of aromatic carboxylic acids is 1. The second-order valence-corrected chi connectivity index (χ2v) is 8.98. The maximum atomic E-state index is 16.0. The van der Waals surface area contributed by atoms with Crippen LogP contribution in [0.2, 0.25) is 0 Å². The van der Waals surface area contributed by atoms with Gasteiger partial charge in [-0.25, -0.2) is 13.6 Å². The van der Waals surface area contributed by atoms with Gasteiger partial charge in [0, 0.05) is 37.4 Å². The lowest BCUT2D eigenvalue weighted by Gasteiger charge is -2.22. The molecule has 1 saturated carbocycles. The van der Waals surface area contributed by atoms with Gasteiger partial charge >= 0.3 is 5.97 Å². The van der Waals surface area contributed by atoms with E-state index in [4.69, 9.17) is 16.3 Å². The van der Waals surface area contributed by atoms with Gasteiger partial charge in [-0.05, 0) is 18.4 Å². The number of nitrogens with zero attached hydrogens (tertiary/aromatic N) is 2. The first-order chi connectivity index (χ1) is 17.3. The zero-order valence-electron chi connectivity index (χ0n) is 19.2. The van der Waals surface area contributed by atoms with Crippen molar-refractivity contribution in [3.8, 4) is 0 Å². The van der Waals surface area contributed by atoms with Crippen LogP contribution in [0, 0.1) is 17.6 Å². The molecule has 0 saturated heterocycles. The smallest absolute Gasteiger partial charge is 0.341 e. The van der Waals surface area contributed by atoms with Gasteiger partial charge in [0.2, 0.25) is 5.43 Å². The summed E-state index contributed by atoms with van der Waals surface area (Å²) in [5, 5.41) is 8.98. The fourth-order valence-electron chi connectivity index (χ4n) is 4.50. The number of hydrogen-bond acceptors (Lipinski definition) is 7. The molecule has 1 atom stereocenters. The van der Waals surface area contributed by atoms with Gasteiger partial charge in [-0.15, -0.1) is 0 Å². The first-order valence-electron chi connectivity index (χ1n) is 11.5. The fraction of sp³-hybridized carbons (Fsp3) is 0.280. The maximum Gasteiger partial charge on any atom is 0.341 e. The van der Waals surface area contributed by atoms with Gasteiger partial charge in [0.25, 0.3) is 0 Å². The number of pyridine rings is 1. The Bertz CT molecular complexity index is 1440. The van der Waals surface area contributed by atoms with Crippen molar-refractivity contribution in [1.29, 1.82) is 0 Å². The first-order valence-corrected chi connectivity index (χ1v) is 11.5. The summed E-state index contributed by atoms with van der Waals surface area (Å²) in [6.45, 7) is 0.596. The zero-order valence-corrected chi connectivity index (χ0v) is 19.2. The molecule has 188 valence electrons. The summed E-state index contributed by atoms with van der Waals surface area (Å²) >= 11 is 0. The number of carboxylic acids is 1. The van der Waals surface area contributed by atoms with Crippen LogP contribution < -0.4 is 27.3 Å². The SMILES string of the molecule is NCC1CN(c2c(F)c(N)c3c(=O)c(C(=O)O)cn(C4CC4)c3c2F)C=C1NOCc1ccccc1. The van der Waals surface area contributed by atoms with Gasteiger partial charge < -0.3 is 26.0 Å². The number of hydrogen-bond donors (Lipinski definition) is 4. The number of benzene rings is 2. The molecule has 3 aromatic rings. The predicted molar refractivity (Wildman–Crippen MR) is 130 cm³/mol. The topological polar surface area (TPSA) is 136 Å². The average Bonchev–Trinajstić information content (AvgIpc) is 3.63. The van der Waals surface area contributed by atoms with Crippen LogP contribution in [0.3, 0.4) is 0 Å². The Kier molecular flexibility index (Phi) is 6.10. The maximum absolute atomic E-state index is 16.0. The summed E-state index contributed by atoms with van der Waals surface area (Å²) < 4.78 is 32.9. The Morgan fingerprint density at radius 2 is 1.92 bits per heavy atom. The van der Waals surface area contributed by atoms with Crippen LogP contribution in [0.5, 0.6) is 0 Å². The molecule has 0 radical (unpaired) electrons. The highest BCUT2D eigenvalue weighted by atomic mass is 19.1. The van der Waals surface area contributed by atoms with Gasteiger partial charge in [-0.3, -0.25) is 15.1 Å². The Labute approximate surface area is 204 Å². The van der Waals surface area contributed by atoms with Crippen molar-refractivity contribution in [2.24, 2.45) is 11.7 Å². The largest absolute Gasteiger partial charge is 0.477 e. The minimum absolute atomic E-state index is 0.146. The molecule has 9 nitrogen and oxygen atoms in total. The summed E-state index contributed by atoms with van der Waals surface area (Å²) in [7, 11) is 0. The third-order valence-electron chi connectivity index (χ3n) is 6.53. The lowest BCUT2D eigenvalue weighted by molar-refractivity contribution is 0.0440. The number of nitrogens with one attached hydrogen (secondary N) is 1. The Morgan fingerprint density at radius 3 is 2.56 bits per heavy atom. The molecule has 0 spiro atoms. The molecule has 2 aliphatic rings. The van der Waals surface area contributed by atoms with Crippen molar-refractivity contribution in [3.63, 3.8) is 0 Å². The second-order valence-electron chi connectivity index (χ2n) is 8.98. The molecular weight excluding hydrogens is 472 g/mol. The number of rotatable bonds is 8. The van der Waals surface area contributed by atoms with Crippen LogP contribution in [0.1, 0.15) is 34.8 Å². The molecule has 1 aromatic heterocycles. The number of carboxylic acid groups (broad SMARTS) is 1.